The van der Waals surface area contributed by atoms with Gasteiger partial charge in [0.2, 0.25) is 5.88 Å². The van der Waals surface area contributed by atoms with Crippen LogP contribution in [0.2, 0.25) is 5.15 Å². The van der Waals surface area contributed by atoms with E-state index >= 15 is 0 Å². The second-order valence-corrected chi connectivity index (χ2v) is 3.97. The molecule has 1 N–H and O–H groups in total. The predicted octanol–water partition coefficient (Wildman–Crippen LogP) is 1.46. The van der Waals surface area contributed by atoms with Crippen molar-refractivity contribution < 1.29 is 9.53 Å². The number of halogens is 1. The molecule has 0 aliphatic carbocycles. The minimum Gasteiger partial charge on any atom is -0.481 e. The lowest BCUT2D eigenvalue weighted by atomic mass is 10.2. The Hall–Kier alpha value is -2.21. The van der Waals surface area contributed by atoms with E-state index in [2.05, 4.69) is 20.3 Å². The van der Waals surface area contributed by atoms with Crippen molar-refractivity contribution in [3.8, 4) is 5.88 Å². The fourth-order valence-electron chi connectivity index (χ4n) is 1.44. The molecule has 0 saturated carbocycles. The maximum atomic E-state index is 11.8. The molecule has 0 radical (unpaired) electrons. The van der Waals surface area contributed by atoms with Crippen LogP contribution in [0.4, 0.5) is 0 Å². The SMILES string of the molecule is COc1ncccc1CNC(=O)c1cnc(Cl)cn1. The Morgan fingerprint density at radius 3 is 2.89 bits per heavy atom. The van der Waals surface area contributed by atoms with Crippen molar-refractivity contribution in [1.29, 1.82) is 0 Å². The first-order valence-corrected chi connectivity index (χ1v) is 5.82. The lowest BCUT2D eigenvalue weighted by molar-refractivity contribution is 0.0945. The molecule has 19 heavy (non-hydrogen) atoms. The van der Waals surface area contributed by atoms with E-state index in [0.717, 1.165) is 5.56 Å². The number of rotatable bonds is 4. The standard InChI is InChI=1S/C12H11ClN4O2/c1-19-12-8(3-2-4-14-12)5-17-11(18)9-6-16-10(13)7-15-9/h2-4,6-7H,5H2,1H3,(H,17,18). The van der Waals surface area contributed by atoms with E-state index < -0.39 is 0 Å². The third-order valence-corrected chi connectivity index (χ3v) is 2.53. The zero-order valence-electron chi connectivity index (χ0n) is 10.1. The maximum absolute atomic E-state index is 11.8. The molecule has 2 heterocycles. The van der Waals surface area contributed by atoms with Crippen LogP contribution >= 0.6 is 11.6 Å². The number of carbonyl (C=O) groups excluding carboxylic acids is 1. The summed E-state index contributed by atoms with van der Waals surface area (Å²) in [4.78, 5) is 23.5. The lowest BCUT2D eigenvalue weighted by Gasteiger charge is -2.07. The van der Waals surface area contributed by atoms with Crippen LogP contribution in [0.5, 0.6) is 5.88 Å². The molecule has 2 aromatic heterocycles. The maximum Gasteiger partial charge on any atom is 0.271 e. The van der Waals surface area contributed by atoms with Gasteiger partial charge in [0.25, 0.3) is 5.91 Å². The smallest absolute Gasteiger partial charge is 0.271 e. The van der Waals surface area contributed by atoms with Crippen LogP contribution in [0.3, 0.4) is 0 Å². The van der Waals surface area contributed by atoms with Crippen molar-refractivity contribution in [2.45, 2.75) is 6.54 Å². The average molecular weight is 279 g/mol. The summed E-state index contributed by atoms with van der Waals surface area (Å²) in [5, 5.41) is 2.95. The molecule has 0 spiro atoms. The van der Waals surface area contributed by atoms with E-state index in [9.17, 15) is 4.79 Å². The van der Waals surface area contributed by atoms with E-state index in [1.807, 2.05) is 6.07 Å². The molecule has 2 aromatic rings. The van der Waals surface area contributed by atoms with Gasteiger partial charge in [-0.2, -0.15) is 0 Å². The zero-order chi connectivity index (χ0) is 13.7. The van der Waals surface area contributed by atoms with Crippen molar-refractivity contribution in [3.63, 3.8) is 0 Å². The lowest BCUT2D eigenvalue weighted by Crippen LogP contribution is -2.24. The number of methoxy groups -OCH3 is 1. The first kappa shape index (κ1) is 13.2. The molecule has 0 aliphatic heterocycles. The highest BCUT2D eigenvalue weighted by molar-refractivity contribution is 6.29. The summed E-state index contributed by atoms with van der Waals surface area (Å²) in [5.41, 5.74) is 0.979. The molecule has 7 heteroatoms. The van der Waals surface area contributed by atoms with Crippen LogP contribution in [-0.4, -0.2) is 28.0 Å². The van der Waals surface area contributed by atoms with Crippen LogP contribution < -0.4 is 10.1 Å². The van der Waals surface area contributed by atoms with Gasteiger partial charge < -0.3 is 10.1 Å². The number of nitrogens with zero attached hydrogens (tertiary/aromatic N) is 3. The Morgan fingerprint density at radius 2 is 2.21 bits per heavy atom. The first-order chi connectivity index (χ1) is 9.20. The number of nitrogens with one attached hydrogen (secondary N) is 1. The highest BCUT2D eigenvalue weighted by atomic mass is 35.5. The van der Waals surface area contributed by atoms with Gasteiger partial charge in [0.1, 0.15) is 10.8 Å². The minimum atomic E-state index is -0.338. The summed E-state index contributed by atoms with van der Waals surface area (Å²) in [6, 6.07) is 3.59. The zero-order valence-corrected chi connectivity index (χ0v) is 10.9. The van der Waals surface area contributed by atoms with Gasteiger partial charge in [-0.3, -0.25) is 4.79 Å². The van der Waals surface area contributed by atoms with E-state index in [-0.39, 0.29) is 16.8 Å². The van der Waals surface area contributed by atoms with Crippen LogP contribution in [0.15, 0.2) is 30.7 Å². The van der Waals surface area contributed by atoms with Gasteiger partial charge in [-0.25, -0.2) is 15.0 Å². The number of pyridine rings is 1. The van der Waals surface area contributed by atoms with E-state index in [1.54, 1.807) is 12.3 Å². The highest BCUT2D eigenvalue weighted by Crippen LogP contribution is 2.13. The fraction of sp³-hybridized carbons (Fsp3) is 0.167. The quantitative estimate of drug-likeness (QED) is 0.916. The largest absolute Gasteiger partial charge is 0.481 e. The molecular weight excluding hydrogens is 268 g/mol. The van der Waals surface area contributed by atoms with Crippen molar-refractivity contribution in [2.75, 3.05) is 7.11 Å². The van der Waals surface area contributed by atoms with Gasteiger partial charge in [-0.05, 0) is 6.07 Å². The molecule has 0 unspecified atom stereocenters. The van der Waals surface area contributed by atoms with Crippen LogP contribution in [0.25, 0.3) is 0 Å². The Morgan fingerprint density at radius 1 is 1.37 bits per heavy atom. The first-order valence-electron chi connectivity index (χ1n) is 5.44. The van der Waals surface area contributed by atoms with Gasteiger partial charge >= 0.3 is 0 Å². The molecule has 0 aliphatic rings. The molecule has 1 amide bonds. The van der Waals surface area contributed by atoms with Gasteiger partial charge in [0.05, 0.1) is 19.5 Å². The van der Waals surface area contributed by atoms with Gasteiger partial charge in [0.15, 0.2) is 0 Å². The molecule has 0 aromatic carbocycles. The molecule has 2 rings (SSSR count). The number of aromatic nitrogens is 3. The van der Waals surface area contributed by atoms with Gasteiger partial charge in [-0.15, -0.1) is 0 Å². The molecule has 0 saturated heterocycles. The third-order valence-electron chi connectivity index (χ3n) is 2.34. The van der Waals surface area contributed by atoms with Crippen molar-refractivity contribution >= 4 is 17.5 Å². The number of hydrogen-bond donors (Lipinski definition) is 1. The minimum absolute atomic E-state index is 0.201. The van der Waals surface area contributed by atoms with Crippen molar-refractivity contribution in [3.05, 3.63) is 47.1 Å². The summed E-state index contributed by atoms with van der Waals surface area (Å²) in [6.45, 7) is 0.292. The van der Waals surface area contributed by atoms with Gasteiger partial charge in [-0.1, -0.05) is 17.7 Å². The van der Waals surface area contributed by atoms with Gasteiger partial charge in [0, 0.05) is 18.3 Å². The molecule has 98 valence electrons. The summed E-state index contributed by atoms with van der Waals surface area (Å²) >= 11 is 5.60. The topological polar surface area (TPSA) is 77.0 Å². The van der Waals surface area contributed by atoms with E-state index in [4.69, 9.17) is 16.3 Å². The number of hydrogen-bond acceptors (Lipinski definition) is 5. The Labute approximate surface area is 114 Å². The predicted molar refractivity (Wildman–Crippen MR) is 69.0 cm³/mol. The fourth-order valence-corrected chi connectivity index (χ4v) is 1.54. The Kier molecular flexibility index (Phi) is 4.25. The molecule has 6 nitrogen and oxygen atoms in total. The second-order valence-electron chi connectivity index (χ2n) is 3.58. The van der Waals surface area contributed by atoms with Crippen molar-refractivity contribution in [1.82, 2.24) is 20.3 Å². The second kappa shape index (κ2) is 6.10. The van der Waals surface area contributed by atoms with Crippen LogP contribution in [0, 0.1) is 0 Å². The molecule has 0 fully saturated rings. The van der Waals surface area contributed by atoms with Crippen LogP contribution in [-0.2, 0) is 6.54 Å². The summed E-state index contributed by atoms with van der Waals surface area (Å²) < 4.78 is 5.09. The summed E-state index contributed by atoms with van der Waals surface area (Å²) in [7, 11) is 1.53. The van der Waals surface area contributed by atoms with Crippen molar-refractivity contribution in [2.24, 2.45) is 0 Å². The van der Waals surface area contributed by atoms with E-state index in [0.29, 0.717) is 12.4 Å². The van der Waals surface area contributed by atoms with E-state index in [1.165, 1.54) is 19.5 Å². The average Bonchev–Trinajstić information content (AvgIpc) is 2.45. The number of amides is 1. The molecule has 0 atom stereocenters. The molecule has 0 bridgehead atoms. The monoisotopic (exact) mass is 278 g/mol. The Bertz CT molecular complexity index is 574. The third kappa shape index (κ3) is 3.38. The van der Waals surface area contributed by atoms with Crippen LogP contribution in [0.1, 0.15) is 16.1 Å². The summed E-state index contributed by atoms with van der Waals surface area (Å²) in [5.74, 6) is 0.139. The highest BCUT2D eigenvalue weighted by Gasteiger charge is 2.09. The number of carbonyl (C=O) groups is 1. The summed E-state index contributed by atoms with van der Waals surface area (Å²) in [6.07, 6.45) is 4.26. The Balaban J connectivity index is 2.02. The number of ether oxygens (including phenoxy) is 1. The normalized spacial score (nSPS) is 10.0. The molecular formula is C12H11ClN4O2.